The fourth-order valence-corrected chi connectivity index (χ4v) is 2.53. The maximum atomic E-state index is 5.68. The first-order valence-electron chi connectivity index (χ1n) is 7.50. The molecule has 0 rings (SSSR count). The van der Waals surface area contributed by atoms with E-state index in [1.165, 1.54) is 38.8 Å². The highest BCUT2D eigenvalue weighted by Gasteiger charge is 2.14. The third-order valence-corrected chi connectivity index (χ3v) is 4.12. The van der Waals surface area contributed by atoms with Crippen molar-refractivity contribution in [3.05, 3.63) is 0 Å². The lowest BCUT2D eigenvalue weighted by atomic mass is 9.88. The van der Waals surface area contributed by atoms with Gasteiger partial charge in [0.15, 0.2) is 0 Å². The zero-order valence-corrected chi connectivity index (χ0v) is 12.7. The monoisotopic (exact) mass is 242 g/mol. The molecule has 0 heterocycles. The van der Waals surface area contributed by atoms with Crippen LogP contribution in [0.3, 0.4) is 0 Å². The van der Waals surface area contributed by atoms with E-state index in [9.17, 15) is 0 Å². The lowest BCUT2D eigenvalue weighted by Crippen LogP contribution is -2.33. The van der Waals surface area contributed by atoms with Gasteiger partial charge < -0.3 is 10.6 Å². The van der Waals surface area contributed by atoms with Gasteiger partial charge in [-0.2, -0.15) is 0 Å². The van der Waals surface area contributed by atoms with Gasteiger partial charge in [-0.1, -0.05) is 27.7 Å². The smallest absolute Gasteiger partial charge is 0.00641 e. The maximum Gasteiger partial charge on any atom is 0.00641 e. The molecule has 0 saturated heterocycles. The van der Waals surface area contributed by atoms with E-state index < -0.39 is 0 Å². The van der Waals surface area contributed by atoms with Gasteiger partial charge in [-0.25, -0.2) is 0 Å². The Morgan fingerprint density at radius 2 is 1.71 bits per heavy atom. The average Bonchev–Trinajstić information content (AvgIpc) is 2.32. The standard InChI is InChI=1S/C15H34N2/c1-6-14(5)17(7-2)12-8-9-15(10-11-16)13(3)4/h13-15H,6-12,16H2,1-5H3. The van der Waals surface area contributed by atoms with E-state index >= 15 is 0 Å². The van der Waals surface area contributed by atoms with Crippen LogP contribution in [0.25, 0.3) is 0 Å². The Bertz CT molecular complexity index is 166. The molecule has 2 unspecified atom stereocenters. The fraction of sp³-hybridized carbons (Fsp3) is 1.00. The van der Waals surface area contributed by atoms with E-state index in [2.05, 4.69) is 39.5 Å². The van der Waals surface area contributed by atoms with E-state index in [-0.39, 0.29) is 0 Å². The largest absolute Gasteiger partial charge is 0.330 e. The first-order valence-corrected chi connectivity index (χ1v) is 7.50. The van der Waals surface area contributed by atoms with Crippen molar-refractivity contribution in [2.75, 3.05) is 19.6 Å². The minimum atomic E-state index is 0.729. The molecular formula is C15H34N2. The highest BCUT2D eigenvalue weighted by Crippen LogP contribution is 2.20. The number of rotatable bonds is 10. The summed E-state index contributed by atoms with van der Waals surface area (Å²) >= 11 is 0. The Hall–Kier alpha value is -0.0800. The van der Waals surface area contributed by atoms with Crippen LogP contribution in [0.2, 0.25) is 0 Å². The zero-order valence-electron chi connectivity index (χ0n) is 12.7. The van der Waals surface area contributed by atoms with E-state index in [0.29, 0.717) is 0 Å². The summed E-state index contributed by atoms with van der Waals surface area (Å²) in [6, 6.07) is 0.729. The van der Waals surface area contributed by atoms with Crippen LogP contribution in [0, 0.1) is 11.8 Å². The summed E-state index contributed by atoms with van der Waals surface area (Å²) in [6.45, 7) is 14.8. The van der Waals surface area contributed by atoms with E-state index in [4.69, 9.17) is 5.73 Å². The summed E-state index contributed by atoms with van der Waals surface area (Å²) in [6.07, 6.45) is 5.10. The van der Waals surface area contributed by atoms with Crippen molar-refractivity contribution in [2.45, 2.75) is 66.3 Å². The second kappa shape index (κ2) is 9.90. The van der Waals surface area contributed by atoms with Gasteiger partial charge in [0.2, 0.25) is 0 Å². The van der Waals surface area contributed by atoms with E-state index in [1.54, 1.807) is 0 Å². The van der Waals surface area contributed by atoms with Crippen molar-refractivity contribution in [2.24, 2.45) is 17.6 Å². The summed E-state index contributed by atoms with van der Waals surface area (Å²) < 4.78 is 0. The Labute approximate surface area is 109 Å². The van der Waals surface area contributed by atoms with Crippen molar-refractivity contribution in [1.29, 1.82) is 0 Å². The van der Waals surface area contributed by atoms with Gasteiger partial charge in [0.05, 0.1) is 0 Å². The topological polar surface area (TPSA) is 29.3 Å². The summed E-state index contributed by atoms with van der Waals surface area (Å²) in [5.41, 5.74) is 5.68. The Morgan fingerprint density at radius 3 is 2.12 bits per heavy atom. The molecule has 0 aliphatic carbocycles. The maximum absolute atomic E-state index is 5.68. The van der Waals surface area contributed by atoms with Crippen LogP contribution < -0.4 is 5.73 Å². The normalized spacial score (nSPS) is 15.5. The van der Waals surface area contributed by atoms with Crippen molar-refractivity contribution in [3.8, 4) is 0 Å². The summed E-state index contributed by atoms with van der Waals surface area (Å²) in [5.74, 6) is 1.59. The summed E-state index contributed by atoms with van der Waals surface area (Å²) in [4.78, 5) is 2.60. The molecule has 2 atom stereocenters. The van der Waals surface area contributed by atoms with Gasteiger partial charge in [-0.15, -0.1) is 0 Å². The van der Waals surface area contributed by atoms with Crippen LogP contribution in [-0.2, 0) is 0 Å². The summed E-state index contributed by atoms with van der Waals surface area (Å²) in [5, 5.41) is 0. The summed E-state index contributed by atoms with van der Waals surface area (Å²) in [7, 11) is 0. The van der Waals surface area contributed by atoms with Crippen LogP contribution >= 0.6 is 0 Å². The molecule has 0 bridgehead atoms. The Kier molecular flexibility index (Phi) is 9.85. The molecule has 104 valence electrons. The molecule has 0 aromatic rings. The first-order chi connectivity index (χ1) is 8.06. The predicted octanol–water partition coefficient (Wildman–Crippen LogP) is 3.51. The second-order valence-corrected chi connectivity index (χ2v) is 5.61. The molecule has 2 N–H and O–H groups in total. The van der Waals surface area contributed by atoms with Crippen LogP contribution in [0.15, 0.2) is 0 Å². The first kappa shape index (κ1) is 16.9. The fourth-order valence-electron chi connectivity index (χ4n) is 2.53. The van der Waals surface area contributed by atoms with Crippen molar-refractivity contribution < 1.29 is 0 Å². The van der Waals surface area contributed by atoms with Gasteiger partial charge in [-0.3, -0.25) is 0 Å². The predicted molar refractivity (Wildman–Crippen MR) is 78.2 cm³/mol. The molecule has 0 aliphatic heterocycles. The zero-order chi connectivity index (χ0) is 13.3. The van der Waals surface area contributed by atoms with Crippen molar-refractivity contribution in [1.82, 2.24) is 4.90 Å². The Balaban J connectivity index is 3.92. The molecule has 0 fully saturated rings. The van der Waals surface area contributed by atoms with E-state index in [0.717, 1.165) is 24.4 Å². The minimum absolute atomic E-state index is 0.729. The molecule has 2 nitrogen and oxygen atoms in total. The second-order valence-electron chi connectivity index (χ2n) is 5.61. The molecule has 0 saturated carbocycles. The third kappa shape index (κ3) is 7.05. The average molecular weight is 242 g/mol. The highest BCUT2D eigenvalue weighted by atomic mass is 15.1. The van der Waals surface area contributed by atoms with E-state index in [1.807, 2.05) is 0 Å². The number of hydrogen-bond acceptors (Lipinski definition) is 2. The minimum Gasteiger partial charge on any atom is -0.330 e. The molecular weight excluding hydrogens is 208 g/mol. The van der Waals surface area contributed by atoms with Crippen LogP contribution in [0.1, 0.15) is 60.3 Å². The van der Waals surface area contributed by atoms with Crippen molar-refractivity contribution >= 4 is 0 Å². The van der Waals surface area contributed by atoms with Gasteiger partial charge in [-0.05, 0) is 64.1 Å². The molecule has 0 spiro atoms. The number of nitrogens with zero attached hydrogens (tertiary/aromatic N) is 1. The third-order valence-electron chi connectivity index (χ3n) is 4.12. The Morgan fingerprint density at radius 1 is 1.06 bits per heavy atom. The lowest BCUT2D eigenvalue weighted by Gasteiger charge is -2.28. The van der Waals surface area contributed by atoms with Crippen LogP contribution in [-0.4, -0.2) is 30.6 Å². The molecule has 17 heavy (non-hydrogen) atoms. The van der Waals surface area contributed by atoms with Gasteiger partial charge >= 0.3 is 0 Å². The van der Waals surface area contributed by atoms with Crippen LogP contribution in [0.4, 0.5) is 0 Å². The van der Waals surface area contributed by atoms with Crippen LogP contribution in [0.5, 0.6) is 0 Å². The molecule has 0 radical (unpaired) electrons. The quantitative estimate of drug-likeness (QED) is 0.635. The molecule has 0 aromatic carbocycles. The van der Waals surface area contributed by atoms with Gasteiger partial charge in [0.25, 0.3) is 0 Å². The number of nitrogens with two attached hydrogens (primary N) is 1. The van der Waals surface area contributed by atoms with Gasteiger partial charge in [0, 0.05) is 6.04 Å². The lowest BCUT2D eigenvalue weighted by molar-refractivity contribution is 0.200. The molecule has 0 aliphatic rings. The molecule has 0 amide bonds. The van der Waals surface area contributed by atoms with Crippen molar-refractivity contribution in [3.63, 3.8) is 0 Å². The molecule has 2 heteroatoms. The highest BCUT2D eigenvalue weighted by molar-refractivity contribution is 4.68. The molecule has 0 aromatic heterocycles. The SMILES string of the molecule is CCC(C)N(CC)CCCC(CCN)C(C)C. The number of hydrogen-bond donors (Lipinski definition) is 1. The van der Waals surface area contributed by atoms with Gasteiger partial charge in [0.1, 0.15) is 0 Å².